The van der Waals surface area contributed by atoms with Crippen LogP contribution >= 0.6 is 0 Å². The molecule has 2 heterocycles. The lowest BCUT2D eigenvalue weighted by molar-refractivity contribution is -0.129. The largest absolute Gasteiger partial charge is 0.466 e. The summed E-state index contributed by atoms with van der Waals surface area (Å²) in [6.45, 7) is 1.96. The second kappa shape index (κ2) is 4.77. The molecular weight excluding hydrogens is 192 g/mol. The normalized spacial score (nSPS) is 20.3. The van der Waals surface area contributed by atoms with E-state index in [1.807, 2.05) is 18.2 Å². The molecule has 1 fully saturated rings. The third kappa shape index (κ3) is 2.26. The zero-order valence-electron chi connectivity index (χ0n) is 8.50. The Kier molecular flexibility index (Phi) is 3.17. The monoisotopic (exact) mass is 206 g/mol. The van der Waals surface area contributed by atoms with Gasteiger partial charge in [0, 0.05) is 12.7 Å². The van der Waals surface area contributed by atoms with E-state index >= 15 is 0 Å². The molecule has 80 valence electrons. The summed E-state index contributed by atoms with van der Waals surface area (Å²) in [5.41, 5.74) is 0. The van der Waals surface area contributed by atoms with Gasteiger partial charge in [0.25, 0.3) is 6.47 Å². The highest BCUT2D eigenvalue weighted by atomic mass is 16.5. The predicted molar refractivity (Wildman–Crippen MR) is 56.6 cm³/mol. The summed E-state index contributed by atoms with van der Waals surface area (Å²) >= 11 is 0. The molecule has 0 aliphatic carbocycles. The van der Waals surface area contributed by atoms with E-state index in [1.165, 1.54) is 0 Å². The van der Waals surface area contributed by atoms with Crippen LogP contribution in [-0.2, 0) is 9.53 Å². The van der Waals surface area contributed by atoms with Crippen LogP contribution in [0.3, 0.4) is 0 Å². The first-order valence-electron chi connectivity index (χ1n) is 5.15. The van der Waals surface area contributed by atoms with Gasteiger partial charge in [0.2, 0.25) is 0 Å². The van der Waals surface area contributed by atoms with Gasteiger partial charge in [0.1, 0.15) is 12.4 Å². The molecule has 0 radical (unpaired) electrons. The number of rotatable bonds is 4. The molecule has 0 aromatic carbocycles. The van der Waals surface area contributed by atoms with Crippen LogP contribution in [0.25, 0.3) is 0 Å². The molecule has 2 rings (SSSR count). The van der Waals surface area contributed by atoms with E-state index in [0.717, 1.165) is 25.2 Å². The highest BCUT2D eigenvalue weighted by molar-refractivity contribution is 5.41. The van der Waals surface area contributed by atoms with E-state index in [2.05, 4.69) is 9.88 Å². The first-order valence-corrected chi connectivity index (χ1v) is 5.15. The van der Waals surface area contributed by atoms with Crippen molar-refractivity contribution in [3.05, 3.63) is 24.4 Å². The molecule has 0 saturated carbocycles. The van der Waals surface area contributed by atoms with Crippen molar-refractivity contribution < 1.29 is 9.53 Å². The lowest BCUT2D eigenvalue weighted by Crippen LogP contribution is -2.33. The van der Waals surface area contributed by atoms with Crippen LogP contribution in [0.15, 0.2) is 24.4 Å². The number of anilines is 1. The maximum Gasteiger partial charge on any atom is 0.293 e. The molecule has 1 saturated heterocycles. The number of carbonyl (C=O) groups is 1. The predicted octanol–water partition coefficient (Wildman–Crippen LogP) is 1.22. The maximum atomic E-state index is 10.1. The average Bonchev–Trinajstić information content (AvgIpc) is 2.75. The standard InChI is InChI=1S/C11H14N2O2/c14-9-15-8-10-4-3-7-13(10)11-5-1-2-6-12-11/h1-2,5-6,9-10H,3-4,7-8H2. The first-order chi connectivity index (χ1) is 7.42. The lowest BCUT2D eigenvalue weighted by Gasteiger charge is -2.24. The van der Waals surface area contributed by atoms with Crippen molar-refractivity contribution in [2.75, 3.05) is 18.1 Å². The van der Waals surface area contributed by atoms with Crippen molar-refractivity contribution in [3.63, 3.8) is 0 Å². The molecule has 15 heavy (non-hydrogen) atoms. The Hall–Kier alpha value is -1.58. The van der Waals surface area contributed by atoms with Crippen LogP contribution in [-0.4, -0.2) is 30.6 Å². The van der Waals surface area contributed by atoms with Gasteiger partial charge >= 0.3 is 0 Å². The minimum atomic E-state index is 0.282. The highest BCUT2D eigenvalue weighted by Crippen LogP contribution is 2.23. The van der Waals surface area contributed by atoms with Crippen molar-refractivity contribution in [3.8, 4) is 0 Å². The third-order valence-electron chi connectivity index (χ3n) is 2.68. The summed E-state index contributed by atoms with van der Waals surface area (Å²) in [5.74, 6) is 0.967. The van der Waals surface area contributed by atoms with Crippen molar-refractivity contribution in [2.45, 2.75) is 18.9 Å². The van der Waals surface area contributed by atoms with Crippen LogP contribution < -0.4 is 4.90 Å². The molecule has 1 aliphatic heterocycles. The van der Waals surface area contributed by atoms with Crippen LogP contribution in [0, 0.1) is 0 Å². The Labute approximate surface area is 88.9 Å². The summed E-state index contributed by atoms with van der Waals surface area (Å²) in [5, 5.41) is 0. The van der Waals surface area contributed by atoms with Crippen molar-refractivity contribution in [2.24, 2.45) is 0 Å². The summed E-state index contributed by atoms with van der Waals surface area (Å²) in [7, 11) is 0. The highest BCUT2D eigenvalue weighted by Gasteiger charge is 2.25. The quantitative estimate of drug-likeness (QED) is 0.695. The maximum absolute atomic E-state index is 10.1. The number of pyridine rings is 1. The molecule has 0 bridgehead atoms. The Balaban J connectivity index is 2.04. The van der Waals surface area contributed by atoms with Gasteiger partial charge in [0.15, 0.2) is 0 Å². The fourth-order valence-corrected chi connectivity index (χ4v) is 1.98. The zero-order chi connectivity index (χ0) is 10.5. The fraction of sp³-hybridized carbons (Fsp3) is 0.455. The molecule has 4 nitrogen and oxygen atoms in total. The third-order valence-corrected chi connectivity index (χ3v) is 2.68. The van der Waals surface area contributed by atoms with E-state index in [1.54, 1.807) is 6.20 Å². The molecule has 1 atom stereocenters. The van der Waals surface area contributed by atoms with E-state index in [4.69, 9.17) is 4.74 Å². The molecule has 1 aromatic heterocycles. The van der Waals surface area contributed by atoms with Gasteiger partial charge in [-0.3, -0.25) is 4.79 Å². The molecule has 1 aliphatic rings. The van der Waals surface area contributed by atoms with Gasteiger partial charge in [0.05, 0.1) is 6.04 Å². The van der Waals surface area contributed by atoms with Crippen molar-refractivity contribution >= 4 is 12.3 Å². The second-order valence-electron chi connectivity index (χ2n) is 3.61. The van der Waals surface area contributed by atoms with Gasteiger partial charge in [-0.05, 0) is 25.0 Å². The van der Waals surface area contributed by atoms with Gasteiger partial charge in [-0.25, -0.2) is 4.98 Å². The van der Waals surface area contributed by atoms with Gasteiger partial charge < -0.3 is 9.64 Å². The zero-order valence-corrected chi connectivity index (χ0v) is 8.50. The number of hydrogen-bond acceptors (Lipinski definition) is 4. The summed E-state index contributed by atoms with van der Waals surface area (Å²) < 4.78 is 4.82. The molecule has 4 heteroatoms. The minimum Gasteiger partial charge on any atom is -0.466 e. The number of nitrogens with zero attached hydrogens (tertiary/aromatic N) is 2. The number of hydrogen-bond donors (Lipinski definition) is 0. The van der Waals surface area contributed by atoms with Gasteiger partial charge in [-0.15, -0.1) is 0 Å². The molecule has 0 N–H and O–H groups in total. The molecule has 0 amide bonds. The Morgan fingerprint density at radius 1 is 1.60 bits per heavy atom. The Morgan fingerprint density at radius 2 is 2.53 bits per heavy atom. The van der Waals surface area contributed by atoms with E-state index in [-0.39, 0.29) is 6.04 Å². The van der Waals surface area contributed by atoms with Crippen LogP contribution in [0.2, 0.25) is 0 Å². The van der Waals surface area contributed by atoms with Crippen molar-refractivity contribution in [1.29, 1.82) is 0 Å². The van der Waals surface area contributed by atoms with Crippen molar-refractivity contribution in [1.82, 2.24) is 4.98 Å². The first kappa shape index (κ1) is 9.96. The molecule has 0 spiro atoms. The molecular formula is C11H14N2O2. The SMILES string of the molecule is O=COCC1CCCN1c1ccccn1. The van der Waals surface area contributed by atoms with E-state index in [0.29, 0.717) is 13.1 Å². The lowest BCUT2D eigenvalue weighted by atomic mass is 10.2. The number of carbonyl (C=O) groups excluding carboxylic acids is 1. The summed E-state index contributed by atoms with van der Waals surface area (Å²) in [6, 6.07) is 6.14. The topological polar surface area (TPSA) is 42.4 Å². The summed E-state index contributed by atoms with van der Waals surface area (Å²) in [4.78, 5) is 16.6. The Bertz CT molecular complexity index is 316. The minimum absolute atomic E-state index is 0.282. The van der Waals surface area contributed by atoms with Crippen LogP contribution in [0.1, 0.15) is 12.8 Å². The number of aromatic nitrogens is 1. The second-order valence-corrected chi connectivity index (χ2v) is 3.61. The van der Waals surface area contributed by atoms with E-state index in [9.17, 15) is 4.79 Å². The average molecular weight is 206 g/mol. The van der Waals surface area contributed by atoms with Crippen LogP contribution in [0.5, 0.6) is 0 Å². The smallest absolute Gasteiger partial charge is 0.293 e. The number of ether oxygens (including phenoxy) is 1. The van der Waals surface area contributed by atoms with Gasteiger partial charge in [-0.2, -0.15) is 0 Å². The van der Waals surface area contributed by atoms with E-state index < -0.39 is 0 Å². The summed E-state index contributed by atoms with van der Waals surface area (Å²) in [6.07, 6.45) is 3.97. The van der Waals surface area contributed by atoms with Crippen LogP contribution in [0.4, 0.5) is 5.82 Å². The molecule has 1 unspecified atom stereocenters. The molecule has 1 aromatic rings. The fourth-order valence-electron chi connectivity index (χ4n) is 1.98. The Morgan fingerprint density at radius 3 is 3.27 bits per heavy atom. The van der Waals surface area contributed by atoms with Gasteiger partial charge in [-0.1, -0.05) is 6.07 Å².